The van der Waals surface area contributed by atoms with E-state index in [1.54, 1.807) is 24.8 Å². The Morgan fingerprint density at radius 3 is 2.53 bits per heavy atom. The Kier molecular flexibility index (Phi) is 9.76. The minimum absolute atomic E-state index is 0.0338. The molecule has 2 aromatic carbocycles. The number of aliphatic hydroxyl groups is 1. The molecule has 57 heavy (non-hydrogen) atoms. The highest BCUT2D eigenvalue weighted by atomic mass is 32.1. The van der Waals surface area contributed by atoms with Gasteiger partial charge in [-0.05, 0) is 63.8 Å². The van der Waals surface area contributed by atoms with Gasteiger partial charge in [-0.15, -0.1) is 11.3 Å². The van der Waals surface area contributed by atoms with Crippen LogP contribution in [0.1, 0.15) is 62.6 Å². The largest absolute Gasteiger partial charge is 0.461 e. The summed E-state index contributed by atoms with van der Waals surface area (Å²) in [4.78, 5) is 13.8. The van der Waals surface area contributed by atoms with Gasteiger partial charge < -0.3 is 20.5 Å². The second-order valence-electron chi connectivity index (χ2n) is 15.6. The molecule has 0 bridgehead atoms. The predicted molar refractivity (Wildman–Crippen MR) is 195 cm³/mol. The number of likely N-dealkylation sites (tertiary alicyclic amines) is 1. The van der Waals surface area contributed by atoms with Gasteiger partial charge in [-0.1, -0.05) is 6.07 Å². The van der Waals surface area contributed by atoms with E-state index in [9.17, 15) is 19.1 Å². The maximum Gasteiger partial charge on any atom is 0.419 e. The summed E-state index contributed by atoms with van der Waals surface area (Å²) in [6.45, 7) is 4.09. The van der Waals surface area contributed by atoms with Crippen molar-refractivity contribution >= 4 is 43.1 Å². The number of nitriles is 1. The van der Waals surface area contributed by atoms with E-state index < -0.39 is 109 Å². The molecule has 3 aliphatic heterocycles. The third kappa shape index (κ3) is 6.69. The van der Waals surface area contributed by atoms with Gasteiger partial charge in [0.25, 0.3) is 0 Å². The number of rotatable bonds is 9. The van der Waals surface area contributed by atoms with Crippen LogP contribution in [0.25, 0.3) is 32.1 Å². The summed E-state index contributed by atoms with van der Waals surface area (Å²) in [6, 6.07) is 2.18. The highest BCUT2D eigenvalue weighted by Gasteiger charge is 2.51. The number of benzene rings is 2. The number of thiophene rings is 1. The third-order valence-electron chi connectivity index (χ3n) is 12.1. The molecule has 4 aliphatic rings. The fourth-order valence-electron chi connectivity index (χ4n) is 9.39. The molecule has 3 N–H and O–H groups in total. The summed E-state index contributed by atoms with van der Waals surface area (Å²) in [6.07, 6.45) is -12.6. The summed E-state index contributed by atoms with van der Waals surface area (Å²) >= 11 is 0.521. The highest BCUT2D eigenvalue weighted by molar-refractivity contribution is 7.23. The van der Waals surface area contributed by atoms with E-state index in [1.165, 1.54) is 4.90 Å². The van der Waals surface area contributed by atoms with E-state index in [-0.39, 0.29) is 55.9 Å². The van der Waals surface area contributed by atoms with Gasteiger partial charge in [0, 0.05) is 60.4 Å². The Bertz CT molecular complexity index is 2280. The van der Waals surface area contributed by atoms with Crippen LogP contribution < -0.4 is 15.4 Å². The van der Waals surface area contributed by atoms with E-state index >= 15 is 30.7 Å². The van der Waals surface area contributed by atoms with Gasteiger partial charge in [0.1, 0.15) is 47.9 Å². The Balaban J connectivity index is 1.38. The fourth-order valence-corrected chi connectivity index (χ4v) is 10.3. The smallest absolute Gasteiger partial charge is 0.419 e. The number of fused-ring (bicyclic) bond motifs is 3. The number of alkyl halides is 8. The van der Waals surface area contributed by atoms with Crippen LogP contribution in [0.2, 0.25) is 0 Å². The van der Waals surface area contributed by atoms with Crippen LogP contribution in [0, 0.1) is 23.1 Å². The standard InChI is InChI=1S/C38H38F9N7O2S/c1-3-53(19-9-17(2)54(15-19)34(55)21-11-26(21)41)33-22-10-24(37(42,43)44)28(20-5-6-25(40)31-27(20)23(13-48)32(49)57-31)29(38(45,46)47)30(22)50-35(51-33)56-16-36-7-4-8-52(36)14-18(39)12-36/h5-6,10,17-19,21,26,34,55H,3-4,7-9,11-12,14-16,49H2,1-2H3/t17-,18+,19-,21?,26+,34-,36-/m0/s1. The molecule has 5 heterocycles. The number of hydrogen-bond donors (Lipinski definition) is 2. The summed E-state index contributed by atoms with van der Waals surface area (Å²) in [7, 11) is 0. The minimum atomic E-state index is -5.53. The van der Waals surface area contributed by atoms with Crippen molar-refractivity contribution in [1.82, 2.24) is 19.8 Å². The highest BCUT2D eigenvalue weighted by Crippen LogP contribution is 2.53. The van der Waals surface area contributed by atoms with Gasteiger partial charge in [0.2, 0.25) is 0 Å². The first-order valence-electron chi connectivity index (χ1n) is 18.7. The van der Waals surface area contributed by atoms with Crippen LogP contribution in [0.3, 0.4) is 0 Å². The molecule has 1 saturated carbocycles. The van der Waals surface area contributed by atoms with E-state index in [2.05, 4.69) is 9.97 Å². The SMILES string of the molecule is CCN(c1nc(OC[C@@]23CCCN2C[C@H](F)C3)nc2c(C(F)(F)F)c(-c3ccc(F)c4sc(N)c(C#N)c34)c(C(F)(F)F)cc12)[C@H]1C[C@H](C)N([C@@H](O)C2C[C@H]2F)C1. The number of nitrogens with zero attached hydrogens (tertiary/aromatic N) is 6. The van der Waals surface area contributed by atoms with Crippen molar-refractivity contribution in [3.8, 4) is 23.2 Å². The second kappa shape index (κ2) is 14.0. The first-order chi connectivity index (χ1) is 26.9. The van der Waals surface area contributed by atoms with Crippen molar-refractivity contribution in [3.05, 3.63) is 40.7 Å². The molecule has 4 fully saturated rings. The average molecular weight is 828 g/mol. The molecule has 1 unspecified atom stereocenters. The van der Waals surface area contributed by atoms with Gasteiger partial charge in [-0.3, -0.25) is 9.80 Å². The molecule has 8 rings (SSSR count). The molecule has 7 atom stereocenters. The van der Waals surface area contributed by atoms with Gasteiger partial charge in [0.15, 0.2) is 0 Å². The number of hydrogen-bond acceptors (Lipinski definition) is 10. The minimum Gasteiger partial charge on any atom is -0.461 e. The molecule has 19 heteroatoms. The zero-order chi connectivity index (χ0) is 40.9. The molecule has 3 saturated heterocycles. The van der Waals surface area contributed by atoms with Crippen LogP contribution in [0.15, 0.2) is 18.2 Å². The lowest BCUT2D eigenvalue weighted by Gasteiger charge is -2.33. The van der Waals surface area contributed by atoms with Gasteiger partial charge in [-0.25, -0.2) is 13.2 Å². The zero-order valence-electron chi connectivity index (χ0n) is 30.7. The van der Waals surface area contributed by atoms with Crippen molar-refractivity contribution < 1.29 is 49.4 Å². The lowest BCUT2D eigenvalue weighted by atomic mass is 9.88. The van der Waals surface area contributed by atoms with Gasteiger partial charge >= 0.3 is 18.4 Å². The summed E-state index contributed by atoms with van der Waals surface area (Å²) in [5.74, 6) is -1.92. The molecular formula is C38H38F9N7O2S. The lowest BCUT2D eigenvalue weighted by Crippen LogP contribution is -2.44. The summed E-state index contributed by atoms with van der Waals surface area (Å²) in [5, 5.41) is 19.5. The fraction of sp³-hybridized carbons (Fsp3) is 0.553. The molecule has 1 aliphatic carbocycles. The van der Waals surface area contributed by atoms with Crippen LogP contribution in [0.4, 0.5) is 50.3 Å². The number of aromatic nitrogens is 2. The topological polar surface area (TPSA) is 115 Å². The molecule has 9 nitrogen and oxygen atoms in total. The van der Waals surface area contributed by atoms with Gasteiger partial charge in [0.05, 0.1) is 32.4 Å². The Morgan fingerprint density at radius 1 is 1.14 bits per heavy atom. The third-order valence-corrected chi connectivity index (χ3v) is 13.1. The lowest BCUT2D eigenvalue weighted by molar-refractivity contribution is -0.141. The van der Waals surface area contributed by atoms with Crippen LogP contribution in [0.5, 0.6) is 6.01 Å². The monoisotopic (exact) mass is 827 g/mol. The number of anilines is 2. The number of halogens is 9. The van der Waals surface area contributed by atoms with E-state index in [1.807, 2.05) is 4.90 Å². The predicted octanol–water partition coefficient (Wildman–Crippen LogP) is 8.06. The number of aliphatic hydroxyl groups excluding tert-OH is 1. The summed E-state index contributed by atoms with van der Waals surface area (Å²) < 4.78 is 143. The van der Waals surface area contributed by atoms with Crippen molar-refractivity contribution in [2.75, 3.05) is 43.4 Å². The first-order valence-corrected chi connectivity index (χ1v) is 19.5. The van der Waals surface area contributed by atoms with E-state index in [0.29, 0.717) is 36.8 Å². The molecule has 0 amide bonds. The van der Waals surface area contributed by atoms with Crippen LogP contribution in [-0.4, -0.2) is 93.9 Å². The Morgan fingerprint density at radius 2 is 1.88 bits per heavy atom. The number of likely N-dealkylation sites (N-methyl/N-ethyl adjacent to an activating group) is 1. The number of nitrogen functional groups attached to an aromatic ring is 1. The Hall–Kier alpha value is -4.12. The molecule has 306 valence electrons. The summed E-state index contributed by atoms with van der Waals surface area (Å²) in [5.41, 5.74) is -1.94. The van der Waals surface area contributed by atoms with Crippen molar-refractivity contribution in [2.24, 2.45) is 5.92 Å². The quantitative estimate of drug-likeness (QED) is 0.162. The first kappa shape index (κ1) is 39.7. The molecule has 4 aromatic rings. The normalized spacial score (nSPS) is 27.3. The van der Waals surface area contributed by atoms with Crippen molar-refractivity contribution in [1.29, 1.82) is 5.26 Å². The van der Waals surface area contributed by atoms with E-state index in [4.69, 9.17) is 10.5 Å². The van der Waals surface area contributed by atoms with E-state index in [0.717, 1.165) is 18.6 Å². The van der Waals surface area contributed by atoms with Gasteiger partial charge in [-0.2, -0.15) is 41.6 Å². The second-order valence-corrected chi connectivity index (χ2v) is 16.6. The average Bonchev–Trinajstić information content (AvgIpc) is 3.40. The molecular weight excluding hydrogens is 790 g/mol. The van der Waals surface area contributed by atoms with Crippen molar-refractivity contribution in [2.45, 2.75) is 94.5 Å². The van der Waals surface area contributed by atoms with Crippen molar-refractivity contribution in [3.63, 3.8) is 0 Å². The number of nitrogens with two attached hydrogens (primary N) is 1. The molecule has 2 aromatic heterocycles. The molecule has 0 radical (unpaired) electrons. The molecule has 0 spiro atoms. The number of ether oxygens (including phenoxy) is 1. The van der Waals surface area contributed by atoms with Crippen LogP contribution >= 0.6 is 11.3 Å². The van der Waals surface area contributed by atoms with Crippen LogP contribution in [-0.2, 0) is 12.4 Å². The zero-order valence-corrected chi connectivity index (χ0v) is 31.5. The maximum absolute atomic E-state index is 15.7. The Labute approximate surface area is 324 Å². The maximum atomic E-state index is 15.7.